The summed E-state index contributed by atoms with van der Waals surface area (Å²) in [5.41, 5.74) is 3.19. The number of hydrogen-bond donors (Lipinski definition) is 3. The fourth-order valence-electron chi connectivity index (χ4n) is 2.61. The standard InChI is InChI=1S/C18H20BrN3O3/c1-10(2)25-17-12(13(19)5-7-16(17)24-3)9-20-11-4-6-14-15(8-11)22-18(23)21-14/h4-8,10,20H,9H2,1-3H3,(H2,21,22,23). The van der Waals surface area contributed by atoms with Gasteiger partial charge in [-0.3, -0.25) is 0 Å². The van der Waals surface area contributed by atoms with E-state index in [1.54, 1.807) is 7.11 Å². The highest BCUT2D eigenvalue weighted by atomic mass is 79.9. The first-order chi connectivity index (χ1) is 12.0. The Morgan fingerprint density at radius 3 is 2.64 bits per heavy atom. The fraction of sp³-hybridized carbons (Fsp3) is 0.278. The Kier molecular flexibility index (Phi) is 5.03. The number of methoxy groups -OCH3 is 1. The number of aromatic amines is 2. The normalized spacial score (nSPS) is 11.1. The van der Waals surface area contributed by atoms with Gasteiger partial charge in [0.25, 0.3) is 0 Å². The van der Waals surface area contributed by atoms with Gasteiger partial charge in [0.15, 0.2) is 11.5 Å². The molecule has 1 heterocycles. The second-order valence-electron chi connectivity index (χ2n) is 5.92. The van der Waals surface area contributed by atoms with Gasteiger partial charge in [0.2, 0.25) is 0 Å². The molecule has 3 aromatic rings. The van der Waals surface area contributed by atoms with Crippen molar-refractivity contribution in [2.75, 3.05) is 12.4 Å². The maximum absolute atomic E-state index is 11.4. The van der Waals surface area contributed by atoms with Crippen LogP contribution in [0.15, 0.2) is 39.6 Å². The number of fused-ring (bicyclic) bond motifs is 1. The largest absolute Gasteiger partial charge is 0.493 e. The van der Waals surface area contributed by atoms with Crippen molar-refractivity contribution in [2.45, 2.75) is 26.5 Å². The molecular weight excluding hydrogens is 386 g/mol. The summed E-state index contributed by atoms with van der Waals surface area (Å²) in [7, 11) is 1.63. The summed E-state index contributed by atoms with van der Waals surface area (Å²) < 4.78 is 12.3. The predicted octanol–water partition coefficient (Wildman–Crippen LogP) is 4.03. The van der Waals surface area contributed by atoms with Crippen LogP contribution in [0.1, 0.15) is 19.4 Å². The fourth-order valence-corrected chi connectivity index (χ4v) is 3.06. The molecule has 0 bridgehead atoms. The highest BCUT2D eigenvalue weighted by Crippen LogP contribution is 2.37. The number of imidazole rings is 1. The molecule has 3 N–H and O–H groups in total. The van der Waals surface area contributed by atoms with E-state index in [9.17, 15) is 4.79 Å². The van der Waals surface area contributed by atoms with Gasteiger partial charge in [-0.15, -0.1) is 0 Å². The number of ether oxygens (including phenoxy) is 2. The third kappa shape index (κ3) is 3.82. The van der Waals surface area contributed by atoms with Crippen molar-refractivity contribution in [3.63, 3.8) is 0 Å². The highest BCUT2D eigenvalue weighted by Gasteiger charge is 2.16. The van der Waals surface area contributed by atoms with Gasteiger partial charge in [-0.25, -0.2) is 4.79 Å². The topological polar surface area (TPSA) is 79.1 Å². The van der Waals surface area contributed by atoms with Crippen LogP contribution in [0.2, 0.25) is 0 Å². The van der Waals surface area contributed by atoms with Gasteiger partial charge >= 0.3 is 5.69 Å². The van der Waals surface area contributed by atoms with Gasteiger partial charge in [0.1, 0.15) is 0 Å². The third-order valence-electron chi connectivity index (χ3n) is 3.73. The number of H-pyrrole nitrogens is 2. The molecule has 1 aromatic heterocycles. The SMILES string of the molecule is COc1ccc(Br)c(CNc2ccc3[nH]c(=O)[nH]c3c2)c1OC(C)C. The molecular formula is C18H20BrN3O3. The molecule has 0 atom stereocenters. The molecule has 0 aliphatic heterocycles. The second-order valence-corrected chi connectivity index (χ2v) is 6.77. The summed E-state index contributed by atoms with van der Waals surface area (Å²) in [6.07, 6.45) is 0.0308. The Morgan fingerprint density at radius 1 is 1.16 bits per heavy atom. The number of rotatable bonds is 6. The van der Waals surface area contributed by atoms with E-state index in [1.165, 1.54) is 0 Å². The lowest BCUT2D eigenvalue weighted by molar-refractivity contribution is 0.227. The molecule has 25 heavy (non-hydrogen) atoms. The minimum atomic E-state index is -0.213. The lowest BCUT2D eigenvalue weighted by atomic mass is 10.1. The number of anilines is 1. The van der Waals surface area contributed by atoms with E-state index in [4.69, 9.17) is 9.47 Å². The molecule has 0 amide bonds. The van der Waals surface area contributed by atoms with Crippen molar-refractivity contribution in [2.24, 2.45) is 0 Å². The van der Waals surface area contributed by atoms with Crippen LogP contribution in [0, 0.1) is 0 Å². The van der Waals surface area contributed by atoms with Crippen LogP contribution < -0.4 is 20.5 Å². The van der Waals surface area contributed by atoms with Crippen LogP contribution in [0.25, 0.3) is 11.0 Å². The first kappa shape index (κ1) is 17.4. The van der Waals surface area contributed by atoms with E-state index in [1.807, 2.05) is 44.2 Å². The van der Waals surface area contributed by atoms with Crippen molar-refractivity contribution in [1.29, 1.82) is 0 Å². The molecule has 0 fully saturated rings. The Balaban J connectivity index is 1.89. The molecule has 0 radical (unpaired) electrons. The minimum absolute atomic E-state index is 0.0308. The van der Waals surface area contributed by atoms with E-state index < -0.39 is 0 Å². The molecule has 0 aliphatic carbocycles. The maximum atomic E-state index is 11.4. The van der Waals surface area contributed by atoms with E-state index in [2.05, 4.69) is 31.2 Å². The zero-order valence-corrected chi connectivity index (χ0v) is 15.9. The molecule has 0 spiro atoms. The lowest BCUT2D eigenvalue weighted by Gasteiger charge is -2.19. The smallest absolute Gasteiger partial charge is 0.323 e. The van der Waals surface area contributed by atoms with Crippen LogP contribution in [-0.4, -0.2) is 23.2 Å². The Bertz CT molecular complexity index is 946. The lowest BCUT2D eigenvalue weighted by Crippen LogP contribution is -2.11. The van der Waals surface area contributed by atoms with E-state index in [-0.39, 0.29) is 11.8 Å². The number of nitrogens with one attached hydrogen (secondary N) is 3. The summed E-state index contributed by atoms with van der Waals surface area (Å²) >= 11 is 3.59. The maximum Gasteiger partial charge on any atom is 0.323 e. The zero-order chi connectivity index (χ0) is 18.0. The van der Waals surface area contributed by atoms with E-state index >= 15 is 0 Å². The Labute approximate surface area is 153 Å². The van der Waals surface area contributed by atoms with Gasteiger partial charge in [-0.1, -0.05) is 15.9 Å². The summed E-state index contributed by atoms with van der Waals surface area (Å²) in [5, 5.41) is 3.37. The molecule has 0 unspecified atom stereocenters. The average Bonchev–Trinajstić information content (AvgIpc) is 2.93. The van der Waals surface area contributed by atoms with Crippen molar-refractivity contribution in [3.05, 3.63) is 50.9 Å². The molecule has 0 aliphatic rings. The summed E-state index contributed by atoms with van der Waals surface area (Å²) in [5.74, 6) is 1.41. The summed E-state index contributed by atoms with van der Waals surface area (Å²) in [6, 6.07) is 9.49. The van der Waals surface area contributed by atoms with Crippen LogP contribution in [0.5, 0.6) is 11.5 Å². The number of halogens is 1. The van der Waals surface area contributed by atoms with Gasteiger partial charge in [-0.05, 0) is 44.2 Å². The van der Waals surface area contributed by atoms with Crippen LogP contribution >= 0.6 is 15.9 Å². The first-order valence-corrected chi connectivity index (χ1v) is 8.75. The Morgan fingerprint density at radius 2 is 1.92 bits per heavy atom. The third-order valence-corrected chi connectivity index (χ3v) is 4.47. The monoisotopic (exact) mass is 405 g/mol. The van der Waals surface area contributed by atoms with Crippen molar-refractivity contribution >= 4 is 32.7 Å². The summed E-state index contributed by atoms with van der Waals surface area (Å²) in [4.78, 5) is 16.9. The van der Waals surface area contributed by atoms with Crippen molar-refractivity contribution in [1.82, 2.24) is 9.97 Å². The number of aromatic nitrogens is 2. The Hall–Kier alpha value is -2.41. The molecule has 0 saturated carbocycles. The molecule has 0 saturated heterocycles. The number of benzene rings is 2. The molecule has 132 valence electrons. The average molecular weight is 406 g/mol. The van der Waals surface area contributed by atoms with Gasteiger partial charge in [0.05, 0.1) is 24.2 Å². The van der Waals surface area contributed by atoms with Crippen molar-refractivity contribution < 1.29 is 9.47 Å². The van der Waals surface area contributed by atoms with Gasteiger partial charge < -0.3 is 24.8 Å². The highest BCUT2D eigenvalue weighted by molar-refractivity contribution is 9.10. The quantitative estimate of drug-likeness (QED) is 0.578. The predicted molar refractivity (Wildman–Crippen MR) is 103 cm³/mol. The zero-order valence-electron chi connectivity index (χ0n) is 14.3. The van der Waals surface area contributed by atoms with Crippen LogP contribution in [-0.2, 0) is 6.54 Å². The number of hydrogen-bond acceptors (Lipinski definition) is 4. The minimum Gasteiger partial charge on any atom is -0.493 e. The van der Waals surface area contributed by atoms with Crippen LogP contribution in [0.4, 0.5) is 5.69 Å². The molecule has 7 heteroatoms. The van der Waals surface area contributed by atoms with Gasteiger partial charge in [0, 0.05) is 22.3 Å². The van der Waals surface area contributed by atoms with Gasteiger partial charge in [-0.2, -0.15) is 0 Å². The van der Waals surface area contributed by atoms with E-state index in [0.717, 1.165) is 32.5 Å². The van der Waals surface area contributed by atoms with E-state index in [0.29, 0.717) is 12.3 Å². The molecule has 2 aromatic carbocycles. The van der Waals surface area contributed by atoms with Crippen LogP contribution in [0.3, 0.4) is 0 Å². The first-order valence-electron chi connectivity index (χ1n) is 7.96. The second kappa shape index (κ2) is 7.23. The molecule has 3 rings (SSSR count). The molecule has 6 nitrogen and oxygen atoms in total. The van der Waals surface area contributed by atoms with Crippen molar-refractivity contribution in [3.8, 4) is 11.5 Å². The summed E-state index contributed by atoms with van der Waals surface area (Å²) in [6.45, 7) is 4.50.